The van der Waals surface area contributed by atoms with Gasteiger partial charge in [0.25, 0.3) is 5.91 Å². The number of amides is 1. The first-order valence-electron chi connectivity index (χ1n) is 7.92. The molecule has 4 nitrogen and oxygen atoms in total. The standard InChI is InChI=1S/C20H13BrFNO3S2/c1-3-8-26-18-12(9-13(21)11-16(18)25-2)10-17-19(24)23(20(27)28-17)15-7-5-4-6-14(15)22/h1,4-7,9-11H,8H2,2H3/b17-10-. The molecule has 142 valence electrons. The van der Waals surface area contributed by atoms with Crippen molar-refractivity contribution in [1.82, 2.24) is 0 Å². The van der Waals surface area contributed by atoms with Crippen LogP contribution in [0.5, 0.6) is 11.5 Å². The number of para-hydroxylation sites is 1. The Balaban J connectivity index is 2.04. The molecule has 0 bridgehead atoms. The largest absolute Gasteiger partial charge is 0.493 e. The summed E-state index contributed by atoms with van der Waals surface area (Å²) in [6, 6.07) is 9.48. The molecule has 1 aliphatic heterocycles. The highest BCUT2D eigenvalue weighted by atomic mass is 79.9. The van der Waals surface area contributed by atoms with Gasteiger partial charge in [-0.15, -0.1) is 6.42 Å². The third kappa shape index (κ3) is 4.07. The molecule has 0 saturated carbocycles. The molecule has 1 saturated heterocycles. The highest BCUT2D eigenvalue weighted by Crippen LogP contribution is 2.41. The second-order valence-corrected chi connectivity index (χ2v) is 8.08. The van der Waals surface area contributed by atoms with Gasteiger partial charge in [0, 0.05) is 10.0 Å². The van der Waals surface area contributed by atoms with E-state index in [9.17, 15) is 9.18 Å². The van der Waals surface area contributed by atoms with Crippen LogP contribution in [0.15, 0.2) is 45.8 Å². The van der Waals surface area contributed by atoms with Crippen LogP contribution in [-0.4, -0.2) is 23.9 Å². The number of thioether (sulfide) groups is 1. The molecular weight excluding hydrogens is 465 g/mol. The Hall–Kier alpha value is -2.34. The minimum atomic E-state index is -0.526. The van der Waals surface area contributed by atoms with Gasteiger partial charge < -0.3 is 9.47 Å². The molecule has 1 aliphatic rings. The Morgan fingerprint density at radius 1 is 1.39 bits per heavy atom. The molecule has 0 atom stereocenters. The zero-order valence-corrected chi connectivity index (χ0v) is 17.8. The third-order valence-electron chi connectivity index (χ3n) is 3.74. The fourth-order valence-corrected chi connectivity index (χ4v) is 4.30. The van der Waals surface area contributed by atoms with Gasteiger partial charge in [0.2, 0.25) is 0 Å². The summed E-state index contributed by atoms with van der Waals surface area (Å²) in [7, 11) is 1.51. The lowest BCUT2D eigenvalue weighted by molar-refractivity contribution is -0.113. The zero-order valence-electron chi connectivity index (χ0n) is 14.6. The number of thiocarbonyl (C=S) groups is 1. The summed E-state index contributed by atoms with van der Waals surface area (Å²) in [4.78, 5) is 14.4. The number of halogens is 2. The molecule has 0 unspecified atom stereocenters. The maximum atomic E-state index is 14.2. The van der Waals surface area contributed by atoms with Gasteiger partial charge in [-0.1, -0.05) is 58.0 Å². The van der Waals surface area contributed by atoms with Crippen LogP contribution in [0, 0.1) is 18.2 Å². The van der Waals surface area contributed by atoms with E-state index in [1.165, 1.54) is 24.1 Å². The quantitative estimate of drug-likeness (QED) is 0.343. The Labute approximate surface area is 179 Å². The van der Waals surface area contributed by atoms with Crippen molar-refractivity contribution in [2.45, 2.75) is 0 Å². The SMILES string of the molecule is C#CCOc1c(/C=C2\SC(=S)N(c3ccccc3F)C2=O)cc(Br)cc1OC. The molecular formula is C20H13BrFNO3S2. The van der Waals surface area contributed by atoms with Crippen molar-refractivity contribution in [3.05, 3.63) is 57.2 Å². The Morgan fingerprint density at radius 3 is 2.82 bits per heavy atom. The fourth-order valence-electron chi connectivity index (χ4n) is 2.57. The van der Waals surface area contributed by atoms with Gasteiger partial charge in [0.1, 0.15) is 12.4 Å². The molecule has 1 heterocycles. The second kappa shape index (κ2) is 8.78. The van der Waals surface area contributed by atoms with Gasteiger partial charge in [0.15, 0.2) is 15.8 Å². The normalized spacial score (nSPS) is 15.1. The van der Waals surface area contributed by atoms with Crippen LogP contribution in [0.1, 0.15) is 5.56 Å². The first-order chi connectivity index (χ1) is 13.5. The molecule has 2 aromatic carbocycles. The van der Waals surface area contributed by atoms with E-state index in [-0.39, 0.29) is 16.6 Å². The maximum Gasteiger partial charge on any atom is 0.270 e. The van der Waals surface area contributed by atoms with Gasteiger partial charge in [-0.2, -0.15) is 0 Å². The zero-order chi connectivity index (χ0) is 20.3. The van der Waals surface area contributed by atoms with Gasteiger partial charge in [-0.05, 0) is 30.3 Å². The molecule has 0 aromatic heterocycles. The first kappa shape index (κ1) is 20.4. The summed E-state index contributed by atoms with van der Waals surface area (Å²) >= 11 is 9.79. The molecule has 0 radical (unpaired) electrons. The van der Waals surface area contributed by atoms with Gasteiger partial charge in [-0.25, -0.2) is 4.39 Å². The van der Waals surface area contributed by atoms with Gasteiger partial charge in [-0.3, -0.25) is 9.69 Å². The number of hydrogen-bond donors (Lipinski definition) is 0. The summed E-state index contributed by atoms with van der Waals surface area (Å²) in [5.41, 5.74) is 0.694. The van der Waals surface area contributed by atoms with E-state index in [1.54, 1.807) is 30.3 Å². The van der Waals surface area contributed by atoms with Crippen molar-refractivity contribution in [3.8, 4) is 23.8 Å². The van der Waals surface area contributed by atoms with Gasteiger partial charge >= 0.3 is 0 Å². The fraction of sp³-hybridized carbons (Fsp3) is 0.100. The van der Waals surface area contributed by atoms with Crippen LogP contribution in [0.4, 0.5) is 10.1 Å². The molecule has 2 aromatic rings. The lowest BCUT2D eigenvalue weighted by Gasteiger charge is -2.15. The highest BCUT2D eigenvalue weighted by Gasteiger charge is 2.35. The number of anilines is 1. The van der Waals surface area contributed by atoms with E-state index >= 15 is 0 Å². The monoisotopic (exact) mass is 477 g/mol. The Bertz CT molecular complexity index is 1030. The molecule has 3 rings (SSSR count). The molecule has 1 fully saturated rings. The van der Waals surface area contributed by atoms with E-state index in [2.05, 4.69) is 21.9 Å². The van der Waals surface area contributed by atoms with E-state index < -0.39 is 11.7 Å². The molecule has 1 amide bonds. The van der Waals surface area contributed by atoms with E-state index in [0.29, 0.717) is 22.0 Å². The summed E-state index contributed by atoms with van der Waals surface area (Å²) in [6.45, 7) is 0.0367. The third-order valence-corrected chi connectivity index (χ3v) is 5.50. The number of carbonyl (C=O) groups is 1. The van der Waals surface area contributed by atoms with Crippen molar-refractivity contribution in [1.29, 1.82) is 0 Å². The van der Waals surface area contributed by atoms with Crippen LogP contribution in [0.2, 0.25) is 0 Å². The smallest absolute Gasteiger partial charge is 0.270 e. The summed E-state index contributed by atoms with van der Waals surface area (Å²) in [6.07, 6.45) is 6.91. The van der Waals surface area contributed by atoms with Crippen molar-refractivity contribution >= 4 is 61.9 Å². The summed E-state index contributed by atoms with van der Waals surface area (Å²) in [5, 5.41) is 0. The maximum absolute atomic E-state index is 14.2. The summed E-state index contributed by atoms with van der Waals surface area (Å²) in [5.74, 6) is 2.32. The van der Waals surface area contributed by atoms with Crippen LogP contribution < -0.4 is 14.4 Å². The van der Waals surface area contributed by atoms with Crippen molar-refractivity contribution < 1.29 is 18.7 Å². The van der Waals surface area contributed by atoms with Crippen molar-refractivity contribution in [2.24, 2.45) is 0 Å². The lowest BCUT2D eigenvalue weighted by atomic mass is 10.1. The Morgan fingerprint density at radius 2 is 2.14 bits per heavy atom. The molecule has 0 spiro atoms. The minimum Gasteiger partial charge on any atom is -0.493 e. The number of hydrogen-bond acceptors (Lipinski definition) is 5. The predicted octanol–water partition coefficient (Wildman–Crippen LogP) is 5.01. The molecule has 28 heavy (non-hydrogen) atoms. The number of nitrogens with zero attached hydrogens (tertiary/aromatic N) is 1. The lowest BCUT2D eigenvalue weighted by Crippen LogP contribution is -2.28. The van der Waals surface area contributed by atoms with E-state index in [4.69, 9.17) is 28.1 Å². The average molecular weight is 478 g/mol. The average Bonchev–Trinajstić information content (AvgIpc) is 2.94. The molecule has 8 heteroatoms. The molecule has 0 aliphatic carbocycles. The minimum absolute atomic E-state index is 0.0367. The number of carbonyl (C=O) groups excluding carboxylic acids is 1. The number of ether oxygens (including phenoxy) is 2. The van der Waals surface area contributed by atoms with Crippen molar-refractivity contribution in [3.63, 3.8) is 0 Å². The number of benzene rings is 2. The van der Waals surface area contributed by atoms with Gasteiger partial charge in [0.05, 0.1) is 17.7 Å². The first-order valence-corrected chi connectivity index (χ1v) is 9.94. The van der Waals surface area contributed by atoms with Crippen LogP contribution in [-0.2, 0) is 4.79 Å². The van der Waals surface area contributed by atoms with Crippen molar-refractivity contribution in [2.75, 3.05) is 18.6 Å². The van der Waals surface area contributed by atoms with E-state index in [0.717, 1.165) is 16.2 Å². The van der Waals surface area contributed by atoms with E-state index in [1.807, 2.05) is 0 Å². The topological polar surface area (TPSA) is 38.8 Å². The highest BCUT2D eigenvalue weighted by molar-refractivity contribution is 9.10. The Kier molecular flexibility index (Phi) is 6.39. The molecule has 0 N–H and O–H groups in total. The van der Waals surface area contributed by atoms with Crippen LogP contribution in [0.3, 0.4) is 0 Å². The number of terminal acetylenes is 1. The van der Waals surface area contributed by atoms with Crippen LogP contribution >= 0.6 is 39.9 Å². The number of rotatable bonds is 5. The second-order valence-electron chi connectivity index (χ2n) is 5.49. The van der Waals surface area contributed by atoms with Crippen LogP contribution in [0.25, 0.3) is 6.08 Å². The number of methoxy groups -OCH3 is 1. The predicted molar refractivity (Wildman–Crippen MR) is 117 cm³/mol. The summed E-state index contributed by atoms with van der Waals surface area (Å²) < 4.78 is 26.1.